The predicted molar refractivity (Wildman–Crippen MR) is 147 cm³/mol. The Hall–Kier alpha value is -4.26. The molecule has 0 N–H and O–H groups in total. The molecule has 170 valence electrons. The Kier molecular flexibility index (Phi) is 4.94. The van der Waals surface area contributed by atoms with Crippen LogP contribution in [0.1, 0.15) is 0 Å². The molecule has 0 aliphatic carbocycles. The highest BCUT2D eigenvalue weighted by Gasteiger charge is 2.16. The number of hydrogen-bond donors (Lipinski definition) is 0. The summed E-state index contributed by atoms with van der Waals surface area (Å²) in [5.74, 6) is 0.649. The van der Waals surface area contributed by atoms with Crippen molar-refractivity contribution in [2.24, 2.45) is 0 Å². The molecule has 0 saturated carbocycles. The number of aromatic nitrogens is 5. The lowest BCUT2D eigenvalue weighted by atomic mass is 10.0. The molecule has 7 heteroatoms. The standard InChI is InChI=1S/C29H16ClN5S/c30-29-34-25(27-26(35-29)21-8-2-4-10-23(21)36-27)18-13-11-17(12-14-18)24-20-7-1-3-9-22(20)32-28(33-24)19-6-5-15-31-16-19/h1-16H. The number of nitrogens with zero attached hydrogens (tertiary/aromatic N) is 5. The van der Waals surface area contributed by atoms with Crippen molar-refractivity contribution in [1.29, 1.82) is 0 Å². The highest BCUT2D eigenvalue weighted by Crippen LogP contribution is 2.39. The van der Waals surface area contributed by atoms with Crippen molar-refractivity contribution in [2.45, 2.75) is 0 Å². The number of thiophene rings is 1. The largest absolute Gasteiger partial charge is 0.264 e. The van der Waals surface area contributed by atoms with Crippen LogP contribution in [-0.4, -0.2) is 24.9 Å². The van der Waals surface area contributed by atoms with Crippen molar-refractivity contribution < 1.29 is 0 Å². The number of para-hydroxylation sites is 1. The maximum Gasteiger partial charge on any atom is 0.223 e. The summed E-state index contributed by atoms with van der Waals surface area (Å²) in [6.07, 6.45) is 3.53. The average Bonchev–Trinajstić information content (AvgIpc) is 3.31. The average molecular weight is 502 g/mol. The maximum atomic E-state index is 6.36. The minimum atomic E-state index is 0.244. The van der Waals surface area contributed by atoms with Gasteiger partial charge >= 0.3 is 0 Å². The van der Waals surface area contributed by atoms with Crippen LogP contribution >= 0.6 is 22.9 Å². The monoisotopic (exact) mass is 501 g/mol. The van der Waals surface area contributed by atoms with Gasteiger partial charge in [0.15, 0.2) is 5.82 Å². The van der Waals surface area contributed by atoms with Crippen LogP contribution in [0, 0.1) is 0 Å². The van der Waals surface area contributed by atoms with E-state index in [9.17, 15) is 0 Å². The zero-order valence-electron chi connectivity index (χ0n) is 18.8. The molecule has 0 fully saturated rings. The molecule has 7 aromatic rings. The van der Waals surface area contributed by atoms with E-state index in [2.05, 4.69) is 57.4 Å². The summed E-state index contributed by atoms with van der Waals surface area (Å²) in [5.41, 5.74) is 6.34. The SMILES string of the molecule is Clc1nc(-c2ccc(-c3nc(-c4cccnc4)nc4ccccc34)cc2)c2sc3ccccc3c2n1. The van der Waals surface area contributed by atoms with Crippen LogP contribution in [0.15, 0.2) is 97.3 Å². The molecule has 0 aliphatic rings. The number of rotatable bonds is 3. The summed E-state index contributed by atoms with van der Waals surface area (Å²) in [6.45, 7) is 0. The summed E-state index contributed by atoms with van der Waals surface area (Å²) >= 11 is 8.04. The second-order valence-electron chi connectivity index (χ2n) is 8.35. The van der Waals surface area contributed by atoms with E-state index in [1.54, 1.807) is 23.7 Å². The number of benzene rings is 3. The van der Waals surface area contributed by atoms with E-state index in [0.717, 1.165) is 59.3 Å². The van der Waals surface area contributed by atoms with Gasteiger partial charge in [-0.05, 0) is 35.9 Å². The normalized spacial score (nSPS) is 11.5. The van der Waals surface area contributed by atoms with Crippen molar-refractivity contribution >= 4 is 54.1 Å². The summed E-state index contributed by atoms with van der Waals surface area (Å²) in [6, 6.07) is 28.4. The van der Waals surface area contributed by atoms with Crippen molar-refractivity contribution in [1.82, 2.24) is 24.9 Å². The molecule has 36 heavy (non-hydrogen) atoms. The second kappa shape index (κ2) is 8.45. The molecule has 0 atom stereocenters. The van der Waals surface area contributed by atoms with Gasteiger partial charge in [-0.2, -0.15) is 0 Å². The molecule has 4 aromatic heterocycles. The van der Waals surface area contributed by atoms with Gasteiger partial charge in [0, 0.05) is 44.6 Å². The Morgan fingerprint density at radius 1 is 0.611 bits per heavy atom. The van der Waals surface area contributed by atoms with Gasteiger partial charge in [-0.1, -0.05) is 60.7 Å². The Labute approximate surface area is 215 Å². The van der Waals surface area contributed by atoms with Crippen LogP contribution in [0.5, 0.6) is 0 Å². The molecular weight excluding hydrogens is 486 g/mol. The lowest BCUT2D eigenvalue weighted by Gasteiger charge is -2.10. The van der Waals surface area contributed by atoms with E-state index in [-0.39, 0.29) is 5.28 Å². The Morgan fingerprint density at radius 2 is 1.36 bits per heavy atom. The Balaban J connectivity index is 1.38. The van der Waals surface area contributed by atoms with Crippen molar-refractivity contribution in [2.75, 3.05) is 0 Å². The van der Waals surface area contributed by atoms with E-state index < -0.39 is 0 Å². The summed E-state index contributed by atoms with van der Waals surface area (Å²) in [7, 11) is 0. The van der Waals surface area contributed by atoms with Crippen LogP contribution in [0.3, 0.4) is 0 Å². The highest BCUT2D eigenvalue weighted by atomic mass is 35.5. The fraction of sp³-hybridized carbons (Fsp3) is 0. The molecule has 7 rings (SSSR count). The Morgan fingerprint density at radius 3 is 2.17 bits per heavy atom. The molecule has 0 unspecified atom stereocenters. The molecule has 0 spiro atoms. The zero-order valence-corrected chi connectivity index (χ0v) is 20.3. The third-order valence-electron chi connectivity index (χ3n) is 6.15. The van der Waals surface area contributed by atoms with Crippen LogP contribution in [0.4, 0.5) is 0 Å². The molecule has 3 aromatic carbocycles. The first-order valence-corrected chi connectivity index (χ1v) is 12.6. The van der Waals surface area contributed by atoms with Gasteiger partial charge in [0.05, 0.1) is 27.1 Å². The first-order valence-electron chi connectivity index (χ1n) is 11.4. The molecule has 0 saturated heterocycles. The molecule has 0 amide bonds. The lowest BCUT2D eigenvalue weighted by Crippen LogP contribution is -1.95. The highest BCUT2D eigenvalue weighted by molar-refractivity contribution is 7.26. The lowest BCUT2D eigenvalue weighted by molar-refractivity contribution is 1.21. The van der Waals surface area contributed by atoms with Gasteiger partial charge < -0.3 is 0 Å². The minimum Gasteiger partial charge on any atom is -0.264 e. The van der Waals surface area contributed by atoms with Crippen LogP contribution < -0.4 is 0 Å². The number of halogens is 1. The predicted octanol–water partition coefficient (Wildman–Crippen LogP) is 7.84. The first kappa shape index (κ1) is 21.1. The molecule has 0 bridgehead atoms. The summed E-state index contributed by atoms with van der Waals surface area (Å²) in [4.78, 5) is 23.1. The van der Waals surface area contributed by atoms with Gasteiger partial charge in [-0.3, -0.25) is 4.98 Å². The molecular formula is C29H16ClN5S. The third-order valence-corrected chi connectivity index (χ3v) is 7.48. The zero-order chi connectivity index (χ0) is 24.1. The fourth-order valence-electron chi connectivity index (χ4n) is 4.47. The number of pyridine rings is 1. The van der Waals surface area contributed by atoms with E-state index in [1.807, 2.05) is 42.5 Å². The van der Waals surface area contributed by atoms with Crippen LogP contribution in [0.2, 0.25) is 5.28 Å². The van der Waals surface area contributed by atoms with Gasteiger partial charge in [0.25, 0.3) is 0 Å². The second-order valence-corrected chi connectivity index (χ2v) is 9.74. The Bertz CT molecular complexity index is 1900. The topological polar surface area (TPSA) is 64.5 Å². The fourth-order valence-corrected chi connectivity index (χ4v) is 5.79. The number of fused-ring (bicyclic) bond motifs is 4. The van der Waals surface area contributed by atoms with Gasteiger partial charge in [-0.15, -0.1) is 11.3 Å². The smallest absolute Gasteiger partial charge is 0.223 e. The molecule has 0 aliphatic heterocycles. The van der Waals surface area contributed by atoms with Crippen molar-refractivity contribution in [3.8, 4) is 33.9 Å². The van der Waals surface area contributed by atoms with E-state index in [1.165, 1.54) is 0 Å². The first-order chi connectivity index (χ1) is 17.7. The molecule has 4 heterocycles. The third kappa shape index (κ3) is 3.50. The van der Waals surface area contributed by atoms with Crippen LogP contribution in [-0.2, 0) is 0 Å². The van der Waals surface area contributed by atoms with Crippen LogP contribution in [0.25, 0.3) is 65.1 Å². The number of hydrogen-bond acceptors (Lipinski definition) is 6. The van der Waals surface area contributed by atoms with Crippen molar-refractivity contribution in [3.05, 3.63) is 103 Å². The van der Waals surface area contributed by atoms with E-state index in [0.29, 0.717) is 5.82 Å². The maximum absolute atomic E-state index is 6.36. The quantitative estimate of drug-likeness (QED) is 0.231. The summed E-state index contributed by atoms with van der Waals surface area (Å²) in [5, 5.41) is 2.33. The minimum absolute atomic E-state index is 0.244. The van der Waals surface area contributed by atoms with Gasteiger partial charge in [0.1, 0.15) is 0 Å². The van der Waals surface area contributed by atoms with Gasteiger partial charge in [-0.25, -0.2) is 19.9 Å². The molecule has 5 nitrogen and oxygen atoms in total. The van der Waals surface area contributed by atoms with E-state index >= 15 is 0 Å². The van der Waals surface area contributed by atoms with Gasteiger partial charge in [0.2, 0.25) is 5.28 Å². The summed E-state index contributed by atoms with van der Waals surface area (Å²) < 4.78 is 2.19. The van der Waals surface area contributed by atoms with Crippen molar-refractivity contribution in [3.63, 3.8) is 0 Å². The molecule has 0 radical (unpaired) electrons. The van der Waals surface area contributed by atoms with E-state index in [4.69, 9.17) is 21.6 Å².